The lowest BCUT2D eigenvalue weighted by Crippen LogP contribution is -2.60. The van der Waals surface area contributed by atoms with Crippen LogP contribution in [0.3, 0.4) is 0 Å². The van der Waals surface area contributed by atoms with Gasteiger partial charge in [-0.05, 0) is 25.2 Å². The maximum atomic E-state index is 14.0. The molecule has 4 heterocycles. The predicted molar refractivity (Wildman–Crippen MR) is 142 cm³/mol. The summed E-state index contributed by atoms with van der Waals surface area (Å²) in [7, 11) is 3.22. The molecule has 0 unspecified atom stereocenters. The summed E-state index contributed by atoms with van der Waals surface area (Å²) in [6.07, 6.45) is -5.72. The zero-order valence-corrected chi connectivity index (χ0v) is 21.7. The molecule has 0 saturated carbocycles. The highest BCUT2D eigenvalue weighted by molar-refractivity contribution is 6.15. The average Bonchev–Trinajstić information content (AvgIpc) is 3.43. The topological polar surface area (TPSA) is 174 Å². The molecule has 5 N–H and O–H groups in total. The van der Waals surface area contributed by atoms with Crippen LogP contribution in [0.1, 0.15) is 0 Å². The Bertz CT molecular complexity index is 1660. The fourth-order valence-electron chi connectivity index (χ4n) is 5.24. The number of benzene rings is 2. The Morgan fingerprint density at radius 2 is 1.75 bits per heavy atom. The van der Waals surface area contributed by atoms with Gasteiger partial charge in [-0.2, -0.15) is 0 Å². The number of pyridine rings is 2. The molecule has 2 aromatic heterocycles. The average molecular weight is 556 g/mol. The van der Waals surface area contributed by atoms with E-state index in [9.17, 15) is 25.2 Å². The summed E-state index contributed by atoms with van der Waals surface area (Å²) in [5.74, 6) is 1.44. The molecular weight excluding hydrogens is 526 g/mol. The van der Waals surface area contributed by atoms with Crippen molar-refractivity contribution in [3.05, 3.63) is 40.8 Å². The Balaban J connectivity index is 1.55. The molecule has 0 bridgehead atoms. The number of nitrogens with one attached hydrogen (secondary N) is 1. The number of nitrogens with zero attached hydrogens (tertiary/aromatic N) is 2. The van der Waals surface area contributed by atoms with Gasteiger partial charge in [0, 0.05) is 41.5 Å². The van der Waals surface area contributed by atoms with E-state index in [0.29, 0.717) is 51.8 Å². The molecule has 2 aliphatic heterocycles. The van der Waals surface area contributed by atoms with Crippen LogP contribution in [0.5, 0.6) is 23.0 Å². The number of likely N-dealkylation sites (N-methyl/N-ethyl adjacent to an activating group) is 1. The second-order valence-corrected chi connectivity index (χ2v) is 9.67. The van der Waals surface area contributed by atoms with E-state index in [1.807, 2.05) is 6.07 Å². The second-order valence-electron chi connectivity index (χ2n) is 9.67. The van der Waals surface area contributed by atoms with Gasteiger partial charge in [0.05, 0.1) is 30.1 Å². The van der Waals surface area contributed by atoms with Gasteiger partial charge >= 0.3 is 0 Å². The maximum absolute atomic E-state index is 14.0. The minimum Gasteiger partial charge on any atom is -0.493 e. The van der Waals surface area contributed by atoms with Gasteiger partial charge in [-0.15, -0.1) is 0 Å². The Labute approximate surface area is 227 Å². The zero-order chi connectivity index (χ0) is 28.1. The second kappa shape index (κ2) is 10.4. The lowest BCUT2D eigenvalue weighted by atomic mass is 9.99. The van der Waals surface area contributed by atoms with Crippen molar-refractivity contribution >= 4 is 32.6 Å². The molecule has 4 aromatic rings. The molecule has 0 amide bonds. The maximum Gasteiger partial charge on any atom is 0.259 e. The number of hydrogen-bond donors (Lipinski definition) is 5. The van der Waals surface area contributed by atoms with Crippen LogP contribution in [-0.4, -0.2) is 94.8 Å². The Hall–Kier alpha value is -3.72. The van der Waals surface area contributed by atoms with Gasteiger partial charge < -0.3 is 54.0 Å². The van der Waals surface area contributed by atoms with E-state index in [0.717, 1.165) is 5.39 Å². The Morgan fingerprint density at radius 3 is 2.48 bits per heavy atom. The van der Waals surface area contributed by atoms with Crippen molar-refractivity contribution in [3.63, 3.8) is 0 Å². The van der Waals surface area contributed by atoms with Crippen LogP contribution in [0.25, 0.3) is 32.6 Å². The normalized spacial score (nSPS) is 24.2. The van der Waals surface area contributed by atoms with Crippen molar-refractivity contribution in [2.45, 2.75) is 37.3 Å². The summed E-state index contributed by atoms with van der Waals surface area (Å²) in [5.41, 5.74) is 1.01. The molecule has 6 rings (SSSR count). The molecular formula is C27H29N3O10. The summed E-state index contributed by atoms with van der Waals surface area (Å²) >= 11 is 0. The highest BCUT2D eigenvalue weighted by atomic mass is 16.7. The van der Waals surface area contributed by atoms with E-state index in [2.05, 4.69) is 10.3 Å². The third-order valence-corrected chi connectivity index (χ3v) is 7.35. The summed E-state index contributed by atoms with van der Waals surface area (Å²) in [4.78, 5) is 18.6. The van der Waals surface area contributed by atoms with Crippen LogP contribution in [-0.2, 0) is 11.3 Å². The molecule has 40 heavy (non-hydrogen) atoms. The number of rotatable bonds is 7. The molecule has 2 aromatic carbocycles. The third kappa shape index (κ3) is 4.18. The fourth-order valence-corrected chi connectivity index (χ4v) is 5.24. The quantitative estimate of drug-likeness (QED) is 0.191. The first-order valence-electron chi connectivity index (χ1n) is 12.7. The highest BCUT2D eigenvalue weighted by Gasteiger charge is 2.45. The number of fused-ring (bicyclic) bond motifs is 6. The first kappa shape index (κ1) is 26.5. The number of hydrogen-bond acceptors (Lipinski definition) is 12. The van der Waals surface area contributed by atoms with Gasteiger partial charge in [0.1, 0.15) is 24.4 Å². The van der Waals surface area contributed by atoms with Crippen LogP contribution in [0.15, 0.2) is 35.3 Å². The van der Waals surface area contributed by atoms with E-state index in [1.165, 1.54) is 13.2 Å². The first-order valence-corrected chi connectivity index (χ1v) is 12.7. The van der Waals surface area contributed by atoms with E-state index in [4.69, 9.17) is 23.7 Å². The number of aliphatic hydroxyl groups excluding tert-OH is 4. The lowest BCUT2D eigenvalue weighted by molar-refractivity contribution is -0.277. The molecule has 2 aliphatic rings. The van der Waals surface area contributed by atoms with Crippen molar-refractivity contribution < 1.29 is 44.1 Å². The minimum absolute atomic E-state index is 0.0630. The SMILES string of the molecule is CNCCn1c(=O)c2cc(O[C@@H]3O[C@H](CO)[C@H](O)[C@H](O)[C@H]3O)c(OC)cc2c2cnc3cc4c(cc3c21)OCO4. The third-order valence-electron chi connectivity index (χ3n) is 7.35. The van der Waals surface area contributed by atoms with E-state index in [1.54, 1.807) is 29.9 Å². The molecule has 1 fully saturated rings. The van der Waals surface area contributed by atoms with Gasteiger partial charge in [0.2, 0.25) is 13.1 Å². The van der Waals surface area contributed by atoms with Crippen molar-refractivity contribution in [1.82, 2.24) is 14.9 Å². The van der Waals surface area contributed by atoms with Crippen LogP contribution in [0.2, 0.25) is 0 Å². The lowest BCUT2D eigenvalue weighted by Gasteiger charge is -2.39. The fraction of sp³-hybridized carbons (Fsp3) is 0.407. The summed E-state index contributed by atoms with van der Waals surface area (Å²) in [5, 5.41) is 45.6. The van der Waals surface area contributed by atoms with Crippen LogP contribution in [0, 0.1) is 0 Å². The highest BCUT2D eigenvalue weighted by Crippen LogP contribution is 2.40. The van der Waals surface area contributed by atoms with Gasteiger partial charge in [0.15, 0.2) is 23.0 Å². The standard InChI is InChI=1S/C27H29N3O10/c1-28-3-4-30-22-14-7-18-19(38-11-37-18)8-16(14)29-9-15(22)12-5-17(36-2)20(6-13(12)26(30)35)39-27-25(34)24(33)23(32)21(10-31)40-27/h5-9,21,23-25,27-28,31-34H,3-4,10-11H2,1-2H3/t21-,23+,24+,25-,27-/m1/s1. The van der Waals surface area contributed by atoms with Crippen LogP contribution >= 0.6 is 0 Å². The van der Waals surface area contributed by atoms with Gasteiger partial charge in [0.25, 0.3) is 5.56 Å². The molecule has 13 nitrogen and oxygen atoms in total. The molecule has 0 radical (unpaired) electrons. The summed E-state index contributed by atoms with van der Waals surface area (Å²) in [6.45, 7) is 0.361. The van der Waals surface area contributed by atoms with Crippen molar-refractivity contribution in [3.8, 4) is 23.0 Å². The van der Waals surface area contributed by atoms with Gasteiger partial charge in [-0.1, -0.05) is 0 Å². The molecule has 1 saturated heterocycles. The van der Waals surface area contributed by atoms with Gasteiger partial charge in [-0.25, -0.2) is 0 Å². The number of aromatic nitrogens is 2. The van der Waals surface area contributed by atoms with Crippen LogP contribution in [0.4, 0.5) is 0 Å². The largest absolute Gasteiger partial charge is 0.493 e. The van der Waals surface area contributed by atoms with E-state index < -0.39 is 37.3 Å². The van der Waals surface area contributed by atoms with Gasteiger partial charge in [-0.3, -0.25) is 9.78 Å². The Kier molecular flexibility index (Phi) is 6.86. The monoisotopic (exact) mass is 555 g/mol. The number of ether oxygens (including phenoxy) is 5. The number of aliphatic hydroxyl groups is 4. The molecule has 212 valence electrons. The summed E-state index contributed by atoms with van der Waals surface area (Å²) < 4.78 is 29.7. The molecule has 13 heteroatoms. The predicted octanol–water partition coefficient (Wildman–Crippen LogP) is -0.162. The van der Waals surface area contributed by atoms with Crippen molar-refractivity contribution in [2.75, 3.05) is 34.1 Å². The minimum atomic E-state index is -1.63. The van der Waals surface area contributed by atoms with Crippen molar-refractivity contribution in [1.29, 1.82) is 0 Å². The van der Waals surface area contributed by atoms with E-state index >= 15 is 0 Å². The zero-order valence-electron chi connectivity index (χ0n) is 21.7. The molecule has 5 atom stereocenters. The van der Waals surface area contributed by atoms with Crippen molar-refractivity contribution in [2.24, 2.45) is 0 Å². The summed E-state index contributed by atoms with van der Waals surface area (Å²) in [6, 6.07) is 6.73. The molecule has 0 aliphatic carbocycles. The first-order chi connectivity index (χ1) is 19.4. The number of methoxy groups -OCH3 is 1. The van der Waals surface area contributed by atoms with Crippen LogP contribution < -0.4 is 29.8 Å². The Morgan fingerprint density at radius 1 is 1.00 bits per heavy atom. The smallest absolute Gasteiger partial charge is 0.259 e. The van der Waals surface area contributed by atoms with E-state index in [-0.39, 0.29) is 23.9 Å². The molecule has 0 spiro atoms.